The SMILES string of the molecule is COc1nc2cc(C)c(C)c(-c3cnc(C(c4ccccc4)c4ccccc4)[nH]3)c2nc1OC.COc1nc2cc(C)c(C)c(C(=O)CBr)c2nc1OC.N=C(N)C(c1ccccc1)c1ccccc1. The number of aromatic nitrogens is 6. The Morgan fingerprint density at radius 3 is 1.43 bits per heavy atom. The highest BCUT2D eigenvalue weighted by molar-refractivity contribution is 9.09. The first-order valence-corrected chi connectivity index (χ1v) is 23.5. The van der Waals surface area contributed by atoms with Gasteiger partial charge in [0.1, 0.15) is 22.7 Å². The minimum atomic E-state index is -0.137. The number of ether oxygens (including phenoxy) is 4. The fourth-order valence-electron chi connectivity index (χ4n) is 8.30. The molecule has 9 aromatic rings. The van der Waals surface area contributed by atoms with E-state index >= 15 is 0 Å². The number of nitrogens with two attached hydrogens (primary N) is 1. The van der Waals surface area contributed by atoms with Gasteiger partial charge in [-0.2, -0.15) is 0 Å². The summed E-state index contributed by atoms with van der Waals surface area (Å²) in [7, 11) is 6.13. The van der Waals surface area contributed by atoms with Crippen molar-refractivity contribution >= 4 is 49.6 Å². The topological polar surface area (TPSA) is 184 Å². The van der Waals surface area contributed by atoms with Gasteiger partial charge >= 0.3 is 0 Å². The van der Waals surface area contributed by atoms with Crippen LogP contribution in [0.25, 0.3) is 33.3 Å². The summed E-state index contributed by atoms with van der Waals surface area (Å²) in [6.07, 6.45) is 1.88. The zero-order valence-corrected chi connectivity index (χ0v) is 42.0. The number of fused-ring (bicyclic) bond motifs is 2. The number of rotatable bonds is 13. The zero-order valence-electron chi connectivity index (χ0n) is 40.4. The fraction of sp³-hybridized carbons (Fsp3) is 0.196. The predicted molar refractivity (Wildman–Crippen MR) is 280 cm³/mol. The predicted octanol–water partition coefficient (Wildman–Crippen LogP) is 11.4. The second-order valence-electron chi connectivity index (χ2n) is 16.3. The van der Waals surface area contributed by atoms with Gasteiger partial charge in [-0.1, -0.05) is 137 Å². The maximum Gasteiger partial charge on any atom is 0.278 e. The summed E-state index contributed by atoms with van der Waals surface area (Å²) in [5, 5.41) is 7.94. The van der Waals surface area contributed by atoms with Crippen LogP contribution in [0.15, 0.2) is 140 Å². The zero-order chi connectivity index (χ0) is 49.9. The van der Waals surface area contributed by atoms with Crippen LogP contribution in [0.4, 0.5) is 0 Å². The van der Waals surface area contributed by atoms with Gasteiger partial charge in [0.05, 0.1) is 68.5 Å². The number of hydrogen-bond donors (Lipinski definition) is 3. The first-order chi connectivity index (χ1) is 33.9. The maximum atomic E-state index is 12.2. The lowest BCUT2D eigenvalue weighted by atomic mass is 9.90. The van der Waals surface area contributed by atoms with Crippen LogP contribution in [0.3, 0.4) is 0 Å². The van der Waals surface area contributed by atoms with Crippen molar-refractivity contribution < 1.29 is 23.7 Å². The van der Waals surface area contributed by atoms with Crippen LogP contribution >= 0.6 is 15.9 Å². The fourth-order valence-corrected chi connectivity index (χ4v) is 8.58. The second-order valence-corrected chi connectivity index (χ2v) is 16.9. The summed E-state index contributed by atoms with van der Waals surface area (Å²) < 4.78 is 21.1. The molecule has 3 aromatic heterocycles. The van der Waals surface area contributed by atoms with Gasteiger partial charge in [0.15, 0.2) is 5.78 Å². The molecule has 0 spiro atoms. The molecule has 14 heteroatoms. The second kappa shape index (κ2) is 22.9. The summed E-state index contributed by atoms with van der Waals surface area (Å²) in [5.74, 6) is 2.15. The van der Waals surface area contributed by atoms with Crippen LogP contribution in [0, 0.1) is 33.1 Å². The van der Waals surface area contributed by atoms with Crippen LogP contribution < -0.4 is 24.7 Å². The Labute approximate surface area is 416 Å². The van der Waals surface area contributed by atoms with Crippen molar-refractivity contribution in [1.82, 2.24) is 29.9 Å². The van der Waals surface area contributed by atoms with Gasteiger partial charge in [-0.3, -0.25) is 10.2 Å². The molecule has 0 bridgehead atoms. The molecule has 9 rings (SSSR count). The van der Waals surface area contributed by atoms with E-state index in [4.69, 9.17) is 40.1 Å². The number of halogens is 1. The Balaban J connectivity index is 0.000000170. The van der Waals surface area contributed by atoms with E-state index in [1.807, 2.05) is 105 Å². The number of carbonyl (C=O) groups is 1. The lowest BCUT2D eigenvalue weighted by Crippen LogP contribution is -2.21. The highest BCUT2D eigenvalue weighted by Crippen LogP contribution is 2.38. The number of nitrogens with one attached hydrogen (secondary N) is 2. The van der Waals surface area contributed by atoms with Crippen molar-refractivity contribution in [3.63, 3.8) is 0 Å². The molecule has 0 unspecified atom stereocenters. The molecule has 0 fully saturated rings. The normalized spacial score (nSPS) is 10.8. The molecular formula is C56H55BrN8O5. The number of alkyl halides is 1. The van der Waals surface area contributed by atoms with Gasteiger partial charge in [-0.25, -0.2) is 24.9 Å². The summed E-state index contributed by atoms with van der Waals surface area (Å²) >= 11 is 3.21. The van der Waals surface area contributed by atoms with Crippen molar-refractivity contribution in [2.75, 3.05) is 33.8 Å². The minimum absolute atomic E-state index is 0.0201. The van der Waals surface area contributed by atoms with E-state index in [1.54, 1.807) is 14.2 Å². The standard InChI is InChI=1S/C28H26N4O2.C14H15BrN2O3.C14H14N2/c1-17-15-21-25(32-28(34-4)27(31-21)33-3)23(18(17)2)22-16-29-26(30-22)24(19-11-7-5-8-12-19)20-13-9-6-10-14-20;1-7-5-9-12(11(8(7)2)10(18)6-15)17-14(20-4)13(16-9)19-3;15-14(16)13(11-7-3-1-4-8-11)12-9-5-2-6-10-12/h5-16,24H,1-4H3,(H,29,30);5H,6H2,1-4H3;1-10,13H,(H3,15,16). The number of amidine groups is 1. The minimum Gasteiger partial charge on any atom is -0.477 e. The van der Waals surface area contributed by atoms with Crippen molar-refractivity contribution in [2.24, 2.45) is 5.73 Å². The molecule has 0 saturated heterocycles. The van der Waals surface area contributed by atoms with Gasteiger partial charge in [0.2, 0.25) is 0 Å². The first kappa shape index (κ1) is 49.9. The van der Waals surface area contributed by atoms with Gasteiger partial charge in [-0.05, 0) is 84.3 Å². The van der Waals surface area contributed by atoms with Crippen molar-refractivity contribution in [3.05, 3.63) is 196 Å². The Morgan fingerprint density at radius 2 is 1.00 bits per heavy atom. The summed E-state index contributed by atoms with van der Waals surface area (Å²) in [6.45, 7) is 8.01. The highest BCUT2D eigenvalue weighted by atomic mass is 79.9. The Hall–Kier alpha value is -7.97. The molecule has 70 heavy (non-hydrogen) atoms. The molecule has 0 radical (unpaired) electrons. The molecule has 3 heterocycles. The number of methoxy groups -OCH3 is 4. The maximum absolute atomic E-state index is 12.2. The number of imidazole rings is 1. The molecule has 6 aromatic carbocycles. The Kier molecular flexibility index (Phi) is 16.3. The van der Waals surface area contributed by atoms with Crippen LogP contribution in [-0.2, 0) is 0 Å². The van der Waals surface area contributed by atoms with Gasteiger partial charge in [0.25, 0.3) is 23.5 Å². The van der Waals surface area contributed by atoms with Crippen molar-refractivity contribution in [3.8, 4) is 34.8 Å². The lowest BCUT2D eigenvalue weighted by Gasteiger charge is -2.16. The Morgan fingerprint density at radius 1 is 0.600 bits per heavy atom. The molecule has 0 aliphatic carbocycles. The third-order valence-electron chi connectivity index (χ3n) is 12.0. The lowest BCUT2D eigenvalue weighted by molar-refractivity contribution is 0.102. The number of aryl methyl sites for hydroxylation is 2. The van der Waals surface area contributed by atoms with Crippen molar-refractivity contribution in [1.29, 1.82) is 5.41 Å². The number of Topliss-reactive ketones (excluding diaryl/α,β-unsaturated/α-hetero) is 1. The number of carbonyl (C=O) groups excluding carboxylic acids is 1. The van der Waals surface area contributed by atoms with E-state index in [2.05, 4.69) is 98.2 Å². The third kappa shape index (κ3) is 10.8. The molecule has 0 aliphatic rings. The molecule has 4 N–H and O–H groups in total. The smallest absolute Gasteiger partial charge is 0.278 e. The molecule has 13 nitrogen and oxygen atoms in total. The van der Waals surface area contributed by atoms with Crippen molar-refractivity contribution in [2.45, 2.75) is 39.5 Å². The van der Waals surface area contributed by atoms with Crippen LogP contribution in [0.1, 0.15) is 72.5 Å². The van der Waals surface area contributed by atoms with E-state index in [9.17, 15) is 4.79 Å². The summed E-state index contributed by atoms with van der Waals surface area (Å²) in [6, 6.07) is 44.5. The van der Waals surface area contributed by atoms with Gasteiger partial charge in [-0.15, -0.1) is 0 Å². The number of nitrogens with zero attached hydrogens (tertiary/aromatic N) is 5. The summed E-state index contributed by atoms with van der Waals surface area (Å²) in [5.41, 5.74) is 19.3. The van der Waals surface area contributed by atoms with E-state index < -0.39 is 0 Å². The highest BCUT2D eigenvalue weighted by Gasteiger charge is 2.24. The van der Waals surface area contributed by atoms with Gasteiger partial charge < -0.3 is 29.7 Å². The van der Waals surface area contributed by atoms with Crippen LogP contribution in [0.2, 0.25) is 0 Å². The largest absolute Gasteiger partial charge is 0.477 e. The van der Waals surface area contributed by atoms with Gasteiger partial charge in [0, 0.05) is 11.1 Å². The number of hydrogen-bond acceptors (Lipinski definition) is 11. The van der Waals surface area contributed by atoms with E-state index in [-0.39, 0.29) is 34.7 Å². The number of H-pyrrole nitrogens is 1. The quantitative estimate of drug-likeness (QED) is 0.0432. The third-order valence-corrected chi connectivity index (χ3v) is 12.5. The van der Waals surface area contributed by atoms with Crippen LogP contribution in [0.5, 0.6) is 23.5 Å². The first-order valence-electron chi connectivity index (χ1n) is 22.4. The summed E-state index contributed by atoms with van der Waals surface area (Å²) in [4.78, 5) is 38.8. The molecular weight excluding hydrogens is 945 g/mol. The monoisotopic (exact) mass is 998 g/mol. The van der Waals surface area contributed by atoms with E-state index in [0.717, 1.165) is 61.5 Å². The molecule has 356 valence electrons. The molecule has 0 saturated carbocycles. The number of ketones is 1. The number of aromatic amines is 1. The average Bonchev–Trinajstić information content (AvgIpc) is 3.86. The van der Waals surface area contributed by atoms with E-state index in [1.165, 1.54) is 25.3 Å². The average molecular weight is 1000 g/mol. The molecule has 0 aliphatic heterocycles. The molecule has 0 atom stereocenters. The molecule has 0 amide bonds. The van der Waals surface area contributed by atoms with Crippen LogP contribution in [-0.4, -0.2) is 75.3 Å². The van der Waals surface area contributed by atoms with E-state index in [0.29, 0.717) is 34.2 Å². The number of benzene rings is 6. The Bertz CT molecular complexity index is 3170.